The number of ether oxygens (including phenoxy) is 1. The normalized spacial score (nSPS) is 10.9. The molecule has 20 heavy (non-hydrogen) atoms. The predicted molar refractivity (Wildman–Crippen MR) is 76.4 cm³/mol. The average molecular weight is 275 g/mol. The fourth-order valence-electron chi connectivity index (χ4n) is 2.41. The lowest BCUT2D eigenvalue weighted by atomic mass is 9.98. The van der Waals surface area contributed by atoms with Crippen LogP contribution in [-0.2, 0) is 17.7 Å². The molecule has 0 radical (unpaired) electrons. The number of pyridine rings is 1. The van der Waals surface area contributed by atoms with Crippen LogP contribution in [0.15, 0.2) is 29.2 Å². The van der Waals surface area contributed by atoms with Crippen LogP contribution in [0.3, 0.4) is 0 Å². The zero-order valence-electron chi connectivity index (χ0n) is 11.5. The topological polar surface area (TPSA) is 68.5 Å². The van der Waals surface area contributed by atoms with Gasteiger partial charge in [-0.3, -0.25) is 4.79 Å². The quantitative estimate of drug-likeness (QED) is 0.905. The SMILES string of the molecule is CCn1ccc(=O)c2c(CCOC)c(C(=O)O)ccc21. The van der Waals surface area contributed by atoms with Gasteiger partial charge in [0.15, 0.2) is 5.43 Å². The molecule has 0 atom stereocenters. The van der Waals surface area contributed by atoms with E-state index in [0.29, 0.717) is 30.5 Å². The number of benzene rings is 1. The van der Waals surface area contributed by atoms with Crippen molar-refractivity contribution in [1.29, 1.82) is 0 Å². The first-order valence-corrected chi connectivity index (χ1v) is 6.47. The van der Waals surface area contributed by atoms with Gasteiger partial charge in [-0.05, 0) is 31.0 Å². The van der Waals surface area contributed by atoms with Gasteiger partial charge >= 0.3 is 5.97 Å². The Kier molecular flexibility index (Phi) is 4.20. The molecule has 0 fully saturated rings. The molecule has 2 rings (SSSR count). The first kappa shape index (κ1) is 14.3. The fourth-order valence-corrected chi connectivity index (χ4v) is 2.41. The van der Waals surface area contributed by atoms with Crippen LogP contribution in [0.2, 0.25) is 0 Å². The number of hydrogen-bond donors (Lipinski definition) is 1. The molecule has 2 aromatic rings. The molecule has 0 saturated carbocycles. The van der Waals surface area contributed by atoms with E-state index in [1.165, 1.54) is 6.07 Å². The third kappa shape index (κ3) is 2.44. The Bertz CT molecular complexity index is 703. The number of hydrogen-bond acceptors (Lipinski definition) is 3. The Hall–Kier alpha value is -2.14. The molecule has 1 aromatic heterocycles. The molecular formula is C15H17NO4. The second-order valence-corrected chi connectivity index (χ2v) is 4.50. The molecule has 1 aromatic carbocycles. The second kappa shape index (κ2) is 5.88. The van der Waals surface area contributed by atoms with Crippen molar-refractivity contribution in [3.63, 3.8) is 0 Å². The minimum atomic E-state index is -1.02. The summed E-state index contributed by atoms with van der Waals surface area (Å²) >= 11 is 0. The smallest absolute Gasteiger partial charge is 0.335 e. The summed E-state index contributed by atoms with van der Waals surface area (Å²) in [7, 11) is 1.55. The van der Waals surface area contributed by atoms with Gasteiger partial charge in [0.25, 0.3) is 0 Å². The van der Waals surface area contributed by atoms with Gasteiger partial charge in [0, 0.05) is 31.3 Å². The van der Waals surface area contributed by atoms with Gasteiger partial charge < -0.3 is 14.4 Å². The largest absolute Gasteiger partial charge is 0.478 e. The fraction of sp³-hybridized carbons (Fsp3) is 0.333. The first-order chi connectivity index (χ1) is 9.60. The van der Waals surface area contributed by atoms with E-state index in [1.54, 1.807) is 25.4 Å². The lowest BCUT2D eigenvalue weighted by Crippen LogP contribution is -2.14. The number of aromatic carboxylic acids is 1. The zero-order chi connectivity index (χ0) is 14.7. The van der Waals surface area contributed by atoms with Crippen LogP contribution in [0.4, 0.5) is 0 Å². The summed E-state index contributed by atoms with van der Waals surface area (Å²) in [6.45, 7) is 3.07. The number of aryl methyl sites for hydroxylation is 1. The highest BCUT2D eigenvalue weighted by molar-refractivity contribution is 5.96. The third-order valence-corrected chi connectivity index (χ3v) is 3.38. The molecule has 5 heteroatoms. The summed E-state index contributed by atoms with van der Waals surface area (Å²) in [5.41, 5.74) is 1.32. The molecule has 0 unspecified atom stereocenters. The highest BCUT2D eigenvalue weighted by atomic mass is 16.5. The summed E-state index contributed by atoms with van der Waals surface area (Å²) in [6.07, 6.45) is 2.13. The maximum Gasteiger partial charge on any atom is 0.335 e. The van der Waals surface area contributed by atoms with Crippen LogP contribution < -0.4 is 5.43 Å². The standard InChI is InChI=1S/C15H17NO4/c1-3-16-8-6-13(17)14-10(7-9-20-2)11(15(18)19)4-5-12(14)16/h4-6,8H,3,7,9H2,1-2H3,(H,18,19). The first-order valence-electron chi connectivity index (χ1n) is 6.47. The molecule has 106 valence electrons. The van der Waals surface area contributed by atoms with Crippen molar-refractivity contribution in [3.05, 3.63) is 45.7 Å². The average Bonchev–Trinajstić information content (AvgIpc) is 2.44. The van der Waals surface area contributed by atoms with E-state index in [9.17, 15) is 14.7 Å². The highest BCUT2D eigenvalue weighted by Gasteiger charge is 2.16. The Morgan fingerprint density at radius 1 is 1.35 bits per heavy atom. The minimum absolute atomic E-state index is 0.154. The second-order valence-electron chi connectivity index (χ2n) is 4.50. The maximum atomic E-state index is 12.2. The van der Waals surface area contributed by atoms with Crippen molar-refractivity contribution in [3.8, 4) is 0 Å². The Labute approximate surface area is 116 Å². The molecular weight excluding hydrogens is 258 g/mol. The zero-order valence-corrected chi connectivity index (χ0v) is 11.5. The number of carboxylic acids is 1. The summed E-state index contributed by atoms with van der Waals surface area (Å²) in [5.74, 6) is -1.02. The van der Waals surface area contributed by atoms with Crippen molar-refractivity contribution in [2.45, 2.75) is 19.9 Å². The van der Waals surface area contributed by atoms with Gasteiger partial charge in [0.2, 0.25) is 0 Å². The molecule has 0 aliphatic heterocycles. The van der Waals surface area contributed by atoms with Crippen LogP contribution in [-0.4, -0.2) is 29.4 Å². The van der Waals surface area contributed by atoms with E-state index in [4.69, 9.17) is 4.74 Å². The summed E-state index contributed by atoms with van der Waals surface area (Å²) < 4.78 is 6.95. The van der Waals surface area contributed by atoms with Gasteiger partial charge in [-0.25, -0.2) is 4.79 Å². The summed E-state index contributed by atoms with van der Waals surface area (Å²) in [5, 5.41) is 9.77. The predicted octanol–water partition coefficient (Wildman–Crippen LogP) is 1.91. The van der Waals surface area contributed by atoms with E-state index >= 15 is 0 Å². The van der Waals surface area contributed by atoms with Gasteiger partial charge in [-0.2, -0.15) is 0 Å². The number of aromatic nitrogens is 1. The number of carbonyl (C=O) groups is 1. The molecule has 5 nitrogen and oxygen atoms in total. The molecule has 1 heterocycles. The highest BCUT2D eigenvalue weighted by Crippen LogP contribution is 2.21. The number of fused-ring (bicyclic) bond motifs is 1. The van der Waals surface area contributed by atoms with Crippen LogP contribution in [0.5, 0.6) is 0 Å². The third-order valence-electron chi connectivity index (χ3n) is 3.38. The monoisotopic (exact) mass is 275 g/mol. The number of nitrogens with zero attached hydrogens (tertiary/aromatic N) is 1. The van der Waals surface area contributed by atoms with Gasteiger partial charge in [-0.15, -0.1) is 0 Å². The summed E-state index contributed by atoms with van der Waals surface area (Å²) in [4.78, 5) is 23.5. The molecule has 0 aliphatic rings. The molecule has 1 N–H and O–H groups in total. The van der Waals surface area contributed by atoms with E-state index in [0.717, 1.165) is 5.52 Å². The molecule has 0 saturated heterocycles. The van der Waals surface area contributed by atoms with Crippen molar-refractivity contribution in [2.75, 3.05) is 13.7 Å². The van der Waals surface area contributed by atoms with E-state index in [2.05, 4.69) is 0 Å². The number of carboxylic acid groups (broad SMARTS) is 1. The number of rotatable bonds is 5. The Morgan fingerprint density at radius 2 is 2.10 bits per heavy atom. The lowest BCUT2D eigenvalue weighted by molar-refractivity contribution is 0.0695. The Balaban J connectivity index is 2.82. The number of methoxy groups -OCH3 is 1. The molecule has 0 spiro atoms. The molecule has 0 aliphatic carbocycles. The lowest BCUT2D eigenvalue weighted by Gasteiger charge is -2.13. The summed E-state index contributed by atoms with van der Waals surface area (Å²) in [6, 6.07) is 4.73. The molecule has 0 amide bonds. The van der Waals surface area contributed by atoms with Gasteiger partial charge in [0.05, 0.1) is 17.7 Å². The Morgan fingerprint density at radius 3 is 2.70 bits per heavy atom. The van der Waals surface area contributed by atoms with Crippen LogP contribution in [0.1, 0.15) is 22.8 Å². The van der Waals surface area contributed by atoms with Crippen molar-refractivity contribution >= 4 is 16.9 Å². The van der Waals surface area contributed by atoms with Crippen LogP contribution >= 0.6 is 0 Å². The van der Waals surface area contributed by atoms with Crippen molar-refractivity contribution < 1.29 is 14.6 Å². The maximum absolute atomic E-state index is 12.2. The van der Waals surface area contributed by atoms with Crippen LogP contribution in [0.25, 0.3) is 10.9 Å². The van der Waals surface area contributed by atoms with E-state index in [1.807, 2.05) is 11.5 Å². The van der Waals surface area contributed by atoms with Crippen LogP contribution in [0, 0.1) is 0 Å². The van der Waals surface area contributed by atoms with E-state index < -0.39 is 5.97 Å². The molecule has 0 bridgehead atoms. The van der Waals surface area contributed by atoms with Gasteiger partial charge in [0.1, 0.15) is 0 Å². The van der Waals surface area contributed by atoms with Crippen molar-refractivity contribution in [1.82, 2.24) is 4.57 Å². The van der Waals surface area contributed by atoms with Gasteiger partial charge in [-0.1, -0.05) is 0 Å². The van der Waals surface area contributed by atoms with Crippen molar-refractivity contribution in [2.24, 2.45) is 0 Å². The van der Waals surface area contributed by atoms with E-state index in [-0.39, 0.29) is 11.0 Å². The minimum Gasteiger partial charge on any atom is -0.478 e.